The molecule has 0 spiro atoms. The Hall–Kier alpha value is -1.37. The van der Waals surface area contributed by atoms with Gasteiger partial charge in [0.1, 0.15) is 0 Å². The number of rotatable bonds is 4. The average molecular weight is 370 g/mol. The minimum Gasteiger partial charge on any atom is -0.370 e. The average Bonchev–Trinajstić information content (AvgIpc) is 2.42. The van der Waals surface area contributed by atoms with Gasteiger partial charge in [0.05, 0.1) is 12.1 Å². The molecule has 2 aromatic rings. The normalized spacial score (nSPS) is 11.1. The van der Waals surface area contributed by atoms with Gasteiger partial charge in [-0.1, -0.05) is 25.1 Å². The van der Waals surface area contributed by atoms with Crippen molar-refractivity contribution >= 4 is 40.8 Å². The lowest BCUT2D eigenvalue weighted by Gasteiger charge is -2.05. The third kappa shape index (κ3) is 4.34. The fourth-order valence-electron chi connectivity index (χ4n) is 1.77. The number of halogens is 1. The SMILES string of the molecule is CCCNC(N)=NCc1ccnc2ccccc12.I. The molecule has 0 saturated carbocycles. The number of guanidine groups is 1. The van der Waals surface area contributed by atoms with Gasteiger partial charge < -0.3 is 11.1 Å². The lowest BCUT2D eigenvalue weighted by molar-refractivity contribution is 0.826. The molecule has 0 saturated heterocycles. The summed E-state index contributed by atoms with van der Waals surface area (Å²) in [5, 5.41) is 4.19. The summed E-state index contributed by atoms with van der Waals surface area (Å²) in [6.07, 6.45) is 2.84. The summed E-state index contributed by atoms with van der Waals surface area (Å²) in [5.41, 5.74) is 7.91. The van der Waals surface area contributed by atoms with Crippen LogP contribution < -0.4 is 11.1 Å². The van der Waals surface area contributed by atoms with Crippen molar-refractivity contribution in [1.29, 1.82) is 0 Å². The molecule has 0 amide bonds. The van der Waals surface area contributed by atoms with E-state index in [9.17, 15) is 0 Å². The van der Waals surface area contributed by atoms with Crippen LogP contribution in [0.15, 0.2) is 41.5 Å². The highest BCUT2D eigenvalue weighted by atomic mass is 127. The third-order valence-corrected chi connectivity index (χ3v) is 2.72. The first-order chi connectivity index (χ1) is 8.81. The summed E-state index contributed by atoms with van der Waals surface area (Å²) in [7, 11) is 0. The number of fused-ring (bicyclic) bond motifs is 1. The third-order valence-electron chi connectivity index (χ3n) is 2.72. The molecular weight excluding hydrogens is 351 g/mol. The highest BCUT2D eigenvalue weighted by Gasteiger charge is 2.00. The summed E-state index contributed by atoms with van der Waals surface area (Å²) >= 11 is 0. The zero-order valence-electron chi connectivity index (χ0n) is 11.0. The van der Waals surface area contributed by atoms with E-state index in [1.807, 2.05) is 30.5 Å². The molecule has 3 N–H and O–H groups in total. The maximum Gasteiger partial charge on any atom is 0.188 e. The Morgan fingerprint density at radius 1 is 1.32 bits per heavy atom. The van der Waals surface area contributed by atoms with Crippen molar-refractivity contribution in [3.8, 4) is 0 Å². The zero-order valence-corrected chi connectivity index (χ0v) is 13.3. The second-order valence-electron chi connectivity index (χ2n) is 4.12. The van der Waals surface area contributed by atoms with Gasteiger partial charge in [-0.15, -0.1) is 24.0 Å². The topological polar surface area (TPSA) is 63.3 Å². The number of pyridine rings is 1. The number of nitrogens with zero attached hydrogens (tertiary/aromatic N) is 2. The van der Waals surface area contributed by atoms with Crippen molar-refractivity contribution in [3.63, 3.8) is 0 Å². The number of hydrogen-bond donors (Lipinski definition) is 2. The number of para-hydroxylation sites is 1. The lowest BCUT2D eigenvalue weighted by Crippen LogP contribution is -2.32. The first-order valence-electron chi connectivity index (χ1n) is 6.17. The van der Waals surface area contributed by atoms with Gasteiger partial charge >= 0.3 is 0 Å². The van der Waals surface area contributed by atoms with Crippen LogP contribution in [0.3, 0.4) is 0 Å². The quantitative estimate of drug-likeness (QED) is 0.494. The molecule has 0 unspecified atom stereocenters. The summed E-state index contributed by atoms with van der Waals surface area (Å²) in [4.78, 5) is 8.66. The predicted octanol–water partition coefficient (Wildman–Crippen LogP) is 2.67. The molecule has 0 bridgehead atoms. The second-order valence-corrected chi connectivity index (χ2v) is 4.12. The van der Waals surface area contributed by atoms with Gasteiger partial charge in [0, 0.05) is 18.1 Å². The summed E-state index contributed by atoms with van der Waals surface area (Å²) in [6, 6.07) is 10.0. The Kier molecular flexibility index (Phi) is 6.55. The molecule has 0 fully saturated rings. The Balaban J connectivity index is 0.00000180. The molecule has 2 rings (SSSR count). The minimum atomic E-state index is 0. The number of hydrogen-bond acceptors (Lipinski definition) is 2. The van der Waals surface area contributed by atoms with Gasteiger partial charge in [-0.2, -0.15) is 0 Å². The molecule has 0 aliphatic carbocycles. The summed E-state index contributed by atoms with van der Waals surface area (Å²) in [5.74, 6) is 0.498. The van der Waals surface area contributed by atoms with E-state index < -0.39 is 0 Å². The van der Waals surface area contributed by atoms with E-state index in [1.165, 1.54) is 0 Å². The van der Waals surface area contributed by atoms with Crippen LogP contribution in [0.2, 0.25) is 0 Å². The maximum atomic E-state index is 5.77. The zero-order chi connectivity index (χ0) is 12.8. The highest BCUT2D eigenvalue weighted by molar-refractivity contribution is 14.0. The van der Waals surface area contributed by atoms with E-state index >= 15 is 0 Å². The first kappa shape index (κ1) is 15.7. The van der Waals surface area contributed by atoms with Crippen molar-refractivity contribution in [2.24, 2.45) is 10.7 Å². The molecule has 0 radical (unpaired) electrons. The fraction of sp³-hybridized carbons (Fsp3) is 0.286. The smallest absolute Gasteiger partial charge is 0.188 e. The van der Waals surface area contributed by atoms with E-state index in [-0.39, 0.29) is 24.0 Å². The van der Waals surface area contributed by atoms with Gasteiger partial charge in [-0.3, -0.25) is 4.98 Å². The Morgan fingerprint density at radius 3 is 2.89 bits per heavy atom. The van der Waals surface area contributed by atoms with Crippen LogP contribution in [0.5, 0.6) is 0 Å². The number of aromatic nitrogens is 1. The minimum absolute atomic E-state index is 0. The van der Waals surface area contributed by atoms with Gasteiger partial charge in [-0.25, -0.2) is 4.99 Å². The van der Waals surface area contributed by atoms with E-state index in [0.29, 0.717) is 12.5 Å². The van der Waals surface area contributed by atoms with Gasteiger partial charge in [0.25, 0.3) is 0 Å². The number of benzene rings is 1. The van der Waals surface area contributed by atoms with E-state index in [2.05, 4.69) is 28.3 Å². The highest BCUT2D eigenvalue weighted by Crippen LogP contribution is 2.16. The Morgan fingerprint density at radius 2 is 2.11 bits per heavy atom. The molecular formula is C14H19IN4. The standard InChI is InChI=1S/C14H18N4.HI/c1-2-8-17-14(15)18-10-11-7-9-16-13-6-4-3-5-12(11)13;/h3-7,9H,2,8,10H2,1H3,(H3,15,17,18);1H. The first-order valence-corrected chi connectivity index (χ1v) is 6.17. The van der Waals surface area contributed by atoms with Crippen molar-refractivity contribution in [2.45, 2.75) is 19.9 Å². The van der Waals surface area contributed by atoms with Gasteiger partial charge in [0.15, 0.2) is 5.96 Å². The van der Waals surface area contributed by atoms with Crippen LogP contribution in [0.1, 0.15) is 18.9 Å². The molecule has 1 heterocycles. The summed E-state index contributed by atoms with van der Waals surface area (Å²) in [6.45, 7) is 3.52. The van der Waals surface area contributed by atoms with Crippen LogP contribution in [0.4, 0.5) is 0 Å². The molecule has 1 aromatic heterocycles. The van der Waals surface area contributed by atoms with E-state index in [0.717, 1.165) is 29.4 Å². The largest absolute Gasteiger partial charge is 0.370 e. The monoisotopic (exact) mass is 370 g/mol. The fourth-order valence-corrected chi connectivity index (χ4v) is 1.77. The van der Waals surface area contributed by atoms with E-state index in [4.69, 9.17) is 5.73 Å². The van der Waals surface area contributed by atoms with Crippen molar-refractivity contribution < 1.29 is 0 Å². The molecule has 0 aliphatic rings. The molecule has 0 atom stereocenters. The van der Waals surface area contributed by atoms with Crippen LogP contribution in [-0.2, 0) is 6.54 Å². The van der Waals surface area contributed by atoms with Crippen molar-refractivity contribution in [2.75, 3.05) is 6.54 Å². The number of nitrogens with one attached hydrogen (secondary N) is 1. The van der Waals surface area contributed by atoms with Crippen molar-refractivity contribution in [1.82, 2.24) is 10.3 Å². The predicted molar refractivity (Wildman–Crippen MR) is 90.8 cm³/mol. The summed E-state index contributed by atoms with van der Waals surface area (Å²) < 4.78 is 0. The molecule has 1 aromatic carbocycles. The number of nitrogens with two attached hydrogens (primary N) is 1. The Bertz CT molecular complexity index is 549. The second kappa shape index (κ2) is 7.93. The van der Waals surface area contributed by atoms with Crippen LogP contribution in [0, 0.1) is 0 Å². The molecule has 4 nitrogen and oxygen atoms in total. The number of aliphatic imine (C=N–C) groups is 1. The van der Waals surface area contributed by atoms with Gasteiger partial charge in [0.2, 0.25) is 0 Å². The van der Waals surface area contributed by atoms with Crippen molar-refractivity contribution in [3.05, 3.63) is 42.1 Å². The molecule has 19 heavy (non-hydrogen) atoms. The Labute approximate surface area is 130 Å². The molecule has 0 aliphatic heterocycles. The van der Waals surface area contributed by atoms with E-state index in [1.54, 1.807) is 0 Å². The van der Waals surface area contributed by atoms with Crippen LogP contribution >= 0.6 is 24.0 Å². The lowest BCUT2D eigenvalue weighted by atomic mass is 10.1. The van der Waals surface area contributed by atoms with Gasteiger partial charge in [-0.05, 0) is 24.1 Å². The maximum absolute atomic E-state index is 5.77. The molecule has 5 heteroatoms. The van der Waals surface area contributed by atoms with Crippen LogP contribution in [0.25, 0.3) is 10.9 Å². The van der Waals surface area contributed by atoms with Crippen LogP contribution in [-0.4, -0.2) is 17.5 Å². The molecule has 102 valence electrons.